The lowest BCUT2D eigenvalue weighted by Gasteiger charge is -2.26. The smallest absolute Gasteiger partial charge is 0.191 e. The molecule has 0 radical (unpaired) electrons. The van der Waals surface area contributed by atoms with Crippen LogP contribution in [0.5, 0.6) is 0 Å². The van der Waals surface area contributed by atoms with E-state index in [2.05, 4.69) is 27.4 Å². The van der Waals surface area contributed by atoms with Gasteiger partial charge in [0.25, 0.3) is 0 Å². The van der Waals surface area contributed by atoms with Gasteiger partial charge in [-0.1, -0.05) is 26.2 Å². The molecule has 0 atom stereocenters. The molecule has 0 spiro atoms. The van der Waals surface area contributed by atoms with Crippen LogP contribution in [0.2, 0.25) is 0 Å². The minimum absolute atomic E-state index is 0. The highest BCUT2D eigenvalue weighted by molar-refractivity contribution is 14.0. The number of likely N-dealkylation sites (tertiary alicyclic amines) is 1. The Hall–Kier alpha value is -0.0400. The molecule has 114 valence electrons. The van der Waals surface area contributed by atoms with Crippen LogP contribution in [0.25, 0.3) is 0 Å². The van der Waals surface area contributed by atoms with Crippen LogP contribution in [0.1, 0.15) is 45.4 Å². The fraction of sp³-hybridized carbons (Fsp3) is 0.929. The molecule has 2 N–H and O–H groups in total. The summed E-state index contributed by atoms with van der Waals surface area (Å²) in [6.45, 7) is 7.92. The molecule has 1 saturated heterocycles. The number of guanidine groups is 1. The van der Waals surface area contributed by atoms with E-state index in [0.717, 1.165) is 25.6 Å². The first-order chi connectivity index (χ1) is 8.86. The van der Waals surface area contributed by atoms with E-state index in [1.807, 2.05) is 7.05 Å². The van der Waals surface area contributed by atoms with E-state index in [0.29, 0.717) is 0 Å². The number of hydrogen-bond donors (Lipinski definition) is 2. The molecule has 0 aromatic carbocycles. The monoisotopic (exact) mass is 382 g/mol. The molecule has 0 amide bonds. The average Bonchev–Trinajstić information content (AvgIpc) is 2.42. The second-order valence-corrected chi connectivity index (χ2v) is 5.04. The van der Waals surface area contributed by atoms with Gasteiger partial charge in [0.1, 0.15) is 0 Å². The van der Waals surface area contributed by atoms with Gasteiger partial charge in [0.15, 0.2) is 5.96 Å². The Morgan fingerprint density at radius 3 is 2.37 bits per heavy atom. The molecule has 0 aromatic rings. The lowest BCUT2D eigenvalue weighted by atomic mass is 10.1. The maximum absolute atomic E-state index is 4.24. The quantitative estimate of drug-likeness (QED) is 0.308. The number of hydrogen-bond acceptors (Lipinski definition) is 2. The van der Waals surface area contributed by atoms with Gasteiger partial charge in [0, 0.05) is 26.7 Å². The number of aliphatic imine (C=N–C) groups is 1. The van der Waals surface area contributed by atoms with E-state index in [1.54, 1.807) is 0 Å². The van der Waals surface area contributed by atoms with Crippen molar-refractivity contribution in [2.75, 3.05) is 39.8 Å². The predicted octanol–water partition coefficient (Wildman–Crippen LogP) is 2.45. The highest BCUT2D eigenvalue weighted by atomic mass is 127. The SMILES string of the molecule is CCCCCNC(=NC)NCCN1CCCCC1.I. The average molecular weight is 382 g/mol. The topological polar surface area (TPSA) is 39.7 Å². The number of piperidine rings is 1. The zero-order valence-corrected chi connectivity index (χ0v) is 14.9. The molecule has 1 heterocycles. The van der Waals surface area contributed by atoms with Gasteiger partial charge in [0.2, 0.25) is 0 Å². The molecule has 1 aliphatic rings. The van der Waals surface area contributed by atoms with Gasteiger partial charge in [0.05, 0.1) is 0 Å². The van der Waals surface area contributed by atoms with E-state index in [4.69, 9.17) is 0 Å². The fourth-order valence-electron chi connectivity index (χ4n) is 2.32. The molecule has 19 heavy (non-hydrogen) atoms. The van der Waals surface area contributed by atoms with Crippen LogP contribution < -0.4 is 10.6 Å². The first kappa shape index (κ1) is 19.0. The predicted molar refractivity (Wildman–Crippen MR) is 94.6 cm³/mol. The number of nitrogens with one attached hydrogen (secondary N) is 2. The summed E-state index contributed by atoms with van der Waals surface area (Å²) in [5.74, 6) is 0.947. The molecular weight excluding hydrogens is 351 g/mol. The molecule has 5 heteroatoms. The van der Waals surface area contributed by atoms with Crippen molar-refractivity contribution in [3.8, 4) is 0 Å². The van der Waals surface area contributed by atoms with Crippen LogP contribution in [-0.4, -0.2) is 50.6 Å². The number of unbranched alkanes of at least 4 members (excludes halogenated alkanes) is 2. The fourth-order valence-corrected chi connectivity index (χ4v) is 2.32. The van der Waals surface area contributed by atoms with Crippen molar-refractivity contribution in [3.63, 3.8) is 0 Å². The van der Waals surface area contributed by atoms with Crippen LogP contribution in [0.3, 0.4) is 0 Å². The third-order valence-corrected chi connectivity index (χ3v) is 3.47. The largest absolute Gasteiger partial charge is 0.356 e. The van der Waals surface area contributed by atoms with Crippen molar-refractivity contribution in [2.24, 2.45) is 4.99 Å². The van der Waals surface area contributed by atoms with E-state index in [1.165, 1.54) is 51.6 Å². The van der Waals surface area contributed by atoms with Gasteiger partial charge in [-0.15, -0.1) is 24.0 Å². The maximum Gasteiger partial charge on any atom is 0.191 e. The first-order valence-corrected chi connectivity index (χ1v) is 7.53. The summed E-state index contributed by atoms with van der Waals surface area (Å²) < 4.78 is 0. The van der Waals surface area contributed by atoms with Gasteiger partial charge in [-0.2, -0.15) is 0 Å². The van der Waals surface area contributed by atoms with Crippen LogP contribution in [0.4, 0.5) is 0 Å². The minimum atomic E-state index is 0. The van der Waals surface area contributed by atoms with Crippen molar-refractivity contribution in [2.45, 2.75) is 45.4 Å². The standard InChI is InChI=1S/C14H30N4.HI/c1-3-4-6-9-16-14(15-2)17-10-13-18-11-7-5-8-12-18;/h3-13H2,1-2H3,(H2,15,16,17);1H. The number of rotatable bonds is 7. The zero-order chi connectivity index (χ0) is 13.1. The number of nitrogens with zero attached hydrogens (tertiary/aromatic N) is 2. The maximum atomic E-state index is 4.24. The minimum Gasteiger partial charge on any atom is -0.356 e. The van der Waals surface area contributed by atoms with Crippen molar-refractivity contribution in [3.05, 3.63) is 0 Å². The van der Waals surface area contributed by atoms with Crippen molar-refractivity contribution < 1.29 is 0 Å². The van der Waals surface area contributed by atoms with Crippen LogP contribution in [0.15, 0.2) is 4.99 Å². The normalized spacial score (nSPS) is 16.8. The Bertz CT molecular complexity index is 227. The van der Waals surface area contributed by atoms with Crippen LogP contribution in [0, 0.1) is 0 Å². The van der Waals surface area contributed by atoms with Crippen LogP contribution in [-0.2, 0) is 0 Å². The highest BCUT2D eigenvalue weighted by Crippen LogP contribution is 2.07. The molecule has 1 fully saturated rings. The molecule has 0 unspecified atom stereocenters. The molecule has 1 aliphatic heterocycles. The molecule has 0 bridgehead atoms. The first-order valence-electron chi connectivity index (χ1n) is 7.53. The Balaban J connectivity index is 0.00000324. The van der Waals surface area contributed by atoms with E-state index in [9.17, 15) is 0 Å². The van der Waals surface area contributed by atoms with Gasteiger partial charge >= 0.3 is 0 Å². The second kappa shape index (κ2) is 13.0. The Labute approximate surface area is 135 Å². The molecule has 1 rings (SSSR count). The molecular formula is C14H31IN4. The van der Waals surface area contributed by atoms with Gasteiger partial charge < -0.3 is 15.5 Å². The van der Waals surface area contributed by atoms with Gasteiger partial charge in [-0.05, 0) is 32.4 Å². The molecule has 0 aromatic heterocycles. The molecule has 4 nitrogen and oxygen atoms in total. The summed E-state index contributed by atoms with van der Waals surface area (Å²) >= 11 is 0. The molecule has 0 saturated carbocycles. The van der Waals surface area contributed by atoms with E-state index in [-0.39, 0.29) is 24.0 Å². The Kier molecular flexibility index (Phi) is 12.9. The third kappa shape index (κ3) is 9.49. The highest BCUT2D eigenvalue weighted by Gasteiger charge is 2.09. The summed E-state index contributed by atoms with van der Waals surface area (Å²) in [5, 5.41) is 6.75. The number of halogens is 1. The third-order valence-electron chi connectivity index (χ3n) is 3.47. The summed E-state index contributed by atoms with van der Waals surface area (Å²) in [7, 11) is 1.84. The lowest BCUT2D eigenvalue weighted by molar-refractivity contribution is 0.232. The summed E-state index contributed by atoms with van der Waals surface area (Å²) in [6, 6.07) is 0. The summed E-state index contributed by atoms with van der Waals surface area (Å²) in [4.78, 5) is 6.79. The Morgan fingerprint density at radius 2 is 1.74 bits per heavy atom. The lowest BCUT2D eigenvalue weighted by Crippen LogP contribution is -2.42. The molecule has 0 aliphatic carbocycles. The zero-order valence-electron chi connectivity index (χ0n) is 12.6. The summed E-state index contributed by atoms with van der Waals surface area (Å²) in [5.41, 5.74) is 0. The van der Waals surface area contributed by atoms with Crippen molar-refractivity contribution in [1.82, 2.24) is 15.5 Å². The van der Waals surface area contributed by atoms with Gasteiger partial charge in [-0.25, -0.2) is 0 Å². The Morgan fingerprint density at radius 1 is 1.05 bits per heavy atom. The second-order valence-electron chi connectivity index (χ2n) is 5.04. The summed E-state index contributed by atoms with van der Waals surface area (Å²) in [6.07, 6.45) is 7.92. The van der Waals surface area contributed by atoms with Crippen molar-refractivity contribution in [1.29, 1.82) is 0 Å². The van der Waals surface area contributed by atoms with E-state index < -0.39 is 0 Å². The van der Waals surface area contributed by atoms with Gasteiger partial charge in [-0.3, -0.25) is 4.99 Å². The van der Waals surface area contributed by atoms with Crippen molar-refractivity contribution >= 4 is 29.9 Å². The van der Waals surface area contributed by atoms with E-state index >= 15 is 0 Å². The van der Waals surface area contributed by atoms with Crippen LogP contribution >= 0.6 is 24.0 Å².